The molecule has 0 saturated carbocycles. The standard InChI is InChI=1S/C12H7Cl2FN2O2/c13-6-1-2-9(14)10(3-6)17-11-8(12(18)19)4-7(15)5-16-11/h1-5H,(H,16,17)(H,18,19). The number of carboxylic acid groups (broad SMARTS) is 1. The zero-order valence-corrected chi connectivity index (χ0v) is 10.8. The summed E-state index contributed by atoms with van der Waals surface area (Å²) in [5.74, 6) is -2.05. The summed E-state index contributed by atoms with van der Waals surface area (Å²) in [7, 11) is 0. The van der Waals surface area contributed by atoms with E-state index in [4.69, 9.17) is 28.3 Å². The molecule has 0 radical (unpaired) electrons. The number of carbonyl (C=O) groups is 1. The molecule has 0 spiro atoms. The number of hydrogen-bond acceptors (Lipinski definition) is 3. The monoisotopic (exact) mass is 300 g/mol. The number of anilines is 2. The maximum Gasteiger partial charge on any atom is 0.339 e. The molecular weight excluding hydrogens is 294 g/mol. The van der Waals surface area contributed by atoms with Gasteiger partial charge in [-0.15, -0.1) is 0 Å². The van der Waals surface area contributed by atoms with E-state index in [2.05, 4.69) is 10.3 Å². The molecule has 0 bridgehead atoms. The zero-order valence-electron chi connectivity index (χ0n) is 9.32. The number of halogens is 3. The lowest BCUT2D eigenvalue weighted by atomic mass is 10.2. The van der Waals surface area contributed by atoms with Gasteiger partial charge in [-0.3, -0.25) is 0 Å². The third-order valence-electron chi connectivity index (χ3n) is 2.27. The number of aromatic nitrogens is 1. The summed E-state index contributed by atoms with van der Waals surface area (Å²) in [6.45, 7) is 0. The molecule has 2 N–H and O–H groups in total. The van der Waals surface area contributed by atoms with E-state index in [9.17, 15) is 9.18 Å². The molecule has 0 unspecified atom stereocenters. The molecule has 0 aliphatic heterocycles. The fourth-order valence-electron chi connectivity index (χ4n) is 1.42. The summed E-state index contributed by atoms with van der Waals surface area (Å²) >= 11 is 11.8. The minimum atomic E-state index is -1.30. The summed E-state index contributed by atoms with van der Waals surface area (Å²) in [6.07, 6.45) is 0.910. The van der Waals surface area contributed by atoms with Gasteiger partial charge in [-0.05, 0) is 24.3 Å². The molecule has 0 amide bonds. The molecule has 1 aromatic heterocycles. The molecular formula is C12H7Cl2FN2O2. The summed E-state index contributed by atoms with van der Waals surface area (Å²) < 4.78 is 13.0. The number of pyridine rings is 1. The summed E-state index contributed by atoms with van der Waals surface area (Å²) in [5, 5.41) is 12.5. The molecule has 0 aliphatic carbocycles. The molecule has 7 heteroatoms. The Bertz CT molecular complexity index is 650. The van der Waals surface area contributed by atoms with Gasteiger partial charge in [-0.25, -0.2) is 14.2 Å². The van der Waals surface area contributed by atoms with Crippen molar-refractivity contribution in [3.8, 4) is 0 Å². The Morgan fingerprint density at radius 1 is 1.32 bits per heavy atom. The quantitative estimate of drug-likeness (QED) is 0.900. The van der Waals surface area contributed by atoms with Crippen molar-refractivity contribution >= 4 is 40.7 Å². The number of nitrogens with one attached hydrogen (secondary N) is 1. The molecule has 4 nitrogen and oxygen atoms in total. The SMILES string of the molecule is O=C(O)c1cc(F)cnc1Nc1cc(Cl)ccc1Cl. The number of hydrogen-bond donors (Lipinski definition) is 2. The topological polar surface area (TPSA) is 62.2 Å². The molecule has 2 aromatic rings. The molecule has 2 rings (SSSR count). The second-order valence-electron chi connectivity index (χ2n) is 3.60. The third-order valence-corrected chi connectivity index (χ3v) is 2.83. The summed E-state index contributed by atoms with van der Waals surface area (Å²) in [4.78, 5) is 14.7. The Labute approximate surface area is 117 Å². The minimum Gasteiger partial charge on any atom is -0.478 e. The van der Waals surface area contributed by atoms with Crippen molar-refractivity contribution in [3.63, 3.8) is 0 Å². The molecule has 1 aromatic carbocycles. The van der Waals surface area contributed by atoms with Crippen LogP contribution >= 0.6 is 23.2 Å². The number of carboxylic acids is 1. The first-order chi connectivity index (χ1) is 8.97. The van der Waals surface area contributed by atoms with Crippen LogP contribution in [0.4, 0.5) is 15.9 Å². The van der Waals surface area contributed by atoms with Crippen LogP contribution in [-0.4, -0.2) is 16.1 Å². The number of benzene rings is 1. The maximum atomic E-state index is 13.0. The Morgan fingerprint density at radius 2 is 2.05 bits per heavy atom. The predicted octanol–water partition coefficient (Wildman–Crippen LogP) is 3.97. The highest BCUT2D eigenvalue weighted by Gasteiger charge is 2.14. The molecule has 0 atom stereocenters. The van der Waals surface area contributed by atoms with E-state index in [1.807, 2.05) is 0 Å². The summed E-state index contributed by atoms with van der Waals surface area (Å²) in [5.41, 5.74) is 0.0896. The molecule has 0 fully saturated rings. The first-order valence-electron chi connectivity index (χ1n) is 5.08. The van der Waals surface area contributed by atoms with Crippen LogP contribution in [-0.2, 0) is 0 Å². The van der Waals surface area contributed by atoms with Gasteiger partial charge in [0.1, 0.15) is 17.2 Å². The highest BCUT2D eigenvalue weighted by Crippen LogP contribution is 2.29. The molecule has 1 heterocycles. The maximum absolute atomic E-state index is 13.0. The molecule has 98 valence electrons. The van der Waals surface area contributed by atoms with Gasteiger partial charge in [-0.1, -0.05) is 23.2 Å². The lowest BCUT2D eigenvalue weighted by Gasteiger charge is -2.10. The first kappa shape index (κ1) is 13.6. The third kappa shape index (κ3) is 3.13. The molecule has 0 aliphatic rings. The van der Waals surface area contributed by atoms with Crippen LogP contribution < -0.4 is 5.32 Å². The smallest absolute Gasteiger partial charge is 0.339 e. The Morgan fingerprint density at radius 3 is 2.74 bits per heavy atom. The van der Waals surface area contributed by atoms with Gasteiger partial charge in [0.05, 0.1) is 16.9 Å². The minimum absolute atomic E-state index is 0.0157. The normalized spacial score (nSPS) is 10.3. The highest BCUT2D eigenvalue weighted by molar-refractivity contribution is 6.35. The lowest BCUT2D eigenvalue weighted by Crippen LogP contribution is -2.06. The van der Waals surface area contributed by atoms with Gasteiger partial charge in [0, 0.05) is 5.02 Å². The van der Waals surface area contributed by atoms with Gasteiger partial charge in [0.25, 0.3) is 0 Å². The lowest BCUT2D eigenvalue weighted by molar-refractivity contribution is 0.0697. The van der Waals surface area contributed by atoms with Crippen LogP contribution in [0, 0.1) is 5.82 Å². The van der Waals surface area contributed by atoms with Crippen LogP contribution in [0.25, 0.3) is 0 Å². The average Bonchev–Trinajstić information content (AvgIpc) is 2.35. The van der Waals surface area contributed by atoms with Crippen molar-refractivity contribution in [2.24, 2.45) is 0 Å². The van der Waals surface area contributed by atoms with Crippen molar-refractivity contribution in [2.45, 2.75) is 0 Å². The first-order valence-corrected chi connectivity index (χ1v) is 5.84. The van der Waals surface area contributed by atoms with Crippen molar-refractivity contribution in [1.82, 2.24) is 4.98 Å². The van der Waals surface area contributed by atoms with E-state index in [0.717, 1.165) is 12.3 Å². The van der Waals surface area contributed by atoms with Gasteiger partial charge in [0.15, 0.2) is 0 Å². The Hall–Kier alpha value is -1.85. The van der Waals surface area contributed by atoms with E-state index in [1.165, 1.54) is 6.07 Å². The Kier molecular flexibility index (Phi) is 3.87. The largest absolute Gasteiger partial charge is 0.478 e. The van der Waals surface area contributed by atoms with Crippen molar-refractivity contribution in [3.05, 3.63) is 51.9 Å². The van der Waals surface area contributed by atoms with Gasteiger partial charge in [0.2, 0.25) is 0 Å². The van der Waals surface area contributed by atoms with Gasteiger partial charge >= 0.3 is 5.97 Å². The van der Waals surface area contributed by atoms with Crippen LogP contribution in [0.2, 0.25) is 10.0 Å². The van der Waals surface area contributed by atoms with Crippen molar-refractivity contribution in [2.75, 3.05) is 5.32 Å². The van der Waals surface area contributed by atoms with Gasteiger partial charge < -0.3 is 10.4 Å². The molecule has 0 saturated heterocycles. The molecule has 19 heavy (non-hydrogen) atoms. The zero-order chi connectivity index (χ0) is 14.0. The Balaban J connectivity index is 2.43. The van der Waals surface area contributed by atoms with Crippen LogP contribution in [0.1, 0.15) is 10.4 Å². The number of aromatic carboxylic acids is 1. The van der Waals surface area contributed by atoms with E-state index in [0.29, 0.717) is 15.7 Å². The van der Waals surface area contributed by atoms with E-state index in [1.54, 1.807) is 12.1 Å². The van der Waals surface area contributed by atoms with E-state index >= 15 is 0 Å². The number of rotatable bonds is 3. The van der Waals surface area contributed by atoms with Gasteiger partial charge in [-0.2, -0.15) is 0 Å². The fraction of sp³-hybridized carbons (Fsp3) is 0. The van der Waals surface area contributed by atoms with E-state index in [-0.39, 0.29) is 11.4 Å². The van der Waals surface area contributed by atoms with Crippen LogP contribution in [0.3, 0.4) is 0 Å². The van der Waals surface area contributed by atoms with Crippen LogP contribution in [0.15, 0.2) is 30.5 Å². The van der Waals surface area contributed by atoms with E-state index < -0.39 is 11.8 Å². The van der Waals surface area contributed by atoms with Crippen molar-refractivity contribution in [1.29, 1.82) is 0 Å². The van der Waals surface area contributed by atoms with Crippen LogP contribution in [0.5, 0.6) is 0 Å². The fourth-order valence-corrected chi connectivity index (χ4v) is 1.76. The second-order valence-corrected chi connectivity index (χ2v) is 4.45. The number of nitrogens with zero attached hydrogens (tertiary/aromatic N) is 1. The highest BCUT2D eigenvalue weighted by atomic mass is 35.5. The predicted molar refractivity (Wildman–Crippen MR) is 70.9 cm³/mol. The second kappa shape index (κ2) is 5.42. The average molecular weight is 301 g/mol. The van der Waals surface area contributed by atoms with Crippen molar-refractivity contribution < 1.29 is 14.3 Å². The summed E-state index contributed by atoms with van der Waals surface area (Å²) in [6, 6.07) is 5.53.